The van der Waals surface area contributed by atoms with E-state index in [1.807, 2.05) is 6.07 Å². The van der Waals surface area contributed by atoms with Crippen molar-refractivity contribution in [1.82, 2.24) is 10.2 Å². The van der Waals surface area contributed by atoms with Crippen LogP contribution in [-0.2, 0) is 0 Å². The fraction of sp³-hybridized carbons (Fsp3) is 0.571. The van der Waals surface area contributed by atoms with Crippen LogP contribution in [0.15, 0.2) is 18.2 Å². The second kappa shape index (κ2) is 5.46. The zero-order valence-corrected chi connectivity index (χ0v) is 16.3. The Hall–Kier alpha value is -1.10. The summed E-state index contributed by atoms with van der Waals surface area (Å²) in [6.07, 6.45) is 7.42. The Balaban J connectivity index is 1.32. The minimum Gasteiger partial charge on any atom is -0.346 e. The molecule has 5 aliphatic rings. The predicted molar refractivity (Wildman–Crippen MR) is 106 cm³/mol. The second-order valence-corrected chi connectivity index (χ2v) is 10.1. The Morgan fingerprint density at radius 3 is 2.65 bits per heavy atom. The summed E-state index contributed by atoms with van der Waals surface area (Å²) in [5.41, 5.74) is 1.56. The fourth-order valence-electron chi connectivity index (χ4n) is 5.50. The molecule has 7 rings (SSSR count). The number of rotatable bonds is 3. The summed E-state index contributed by atoms with van der Waals surface area (Å²) in [6, 6.07) is 6.47. The van der Waals surface area contributed by atoms with Crippen molar-refractivity contribution < 1.29 is 4.79 Å². The Kier molecular flexibility index (Phi) is 3.34. The smallest absolute Gasteiger partial charge is 0.261 e. The molecular formula is C21H23ClN2OS. The molecule has 1 atom stereocenters. The van der Waals surface area contributed by atoms with E-state index in [1.165, 1.54) is 67.3 Å². The second-order valence-electron chi connectivity index (χ2n) is 8.64. The molecule has 5 heteroatoms. The number of benzene rings is 1. The van der Waals surface area contributed by atoms with Gasteiger partial charge in [-0.2, -0.15) is 0 Å². The third-order valence-electron chi connectivity index (χ3n) is 7.15. The lowest BCUT2D eigenvalue weighted by Gasteiger charge is -2.52. The summed E-state index contributed by atoms with van der Waals surface area (Å²) >= 11 is 8.11. The predicted octanol–water partition coefficient (Wildman–Crippen LogP) is 4.79. The van der Waals surface area contributed by atoms with Gasteiger partial charge in [-0.3, -0.25) is 9.69 Å². The molecule has 136 valence electrons. The van der Waals surface area contributed by atoms with E-state index in [4.69, 9.17) is 11.6 Å². The monoisotopic (exact) mass is 386 g/mol. The molecule has 2 bridgehead atoms. The highest BCUT2D eigenvalue weighted by Crippen LogP contribution is 2.54. The molecule has 1 aromatic heterocycles. The van der Waals surface area contributed by atoms with Crippen LogP contribution in [0.4, 0.5) is 0 Å². The quantitative estimate of drug-likeness (QED) is 0.822. The Morgan fingerprint density at radius 1 is 1.19 bits per heavy atom. The molecular weight excluding hydrogens is 364 g/mol. The number of piperidine rings is 3. The maximum absolute atomic E-state index is 13.1. The van der Waals surface area contributed by atoms with Crippen LogP contribution in [0.3, 0.4) is 0 Å². The van der Waals surface area contributed by atoms with Gasteiger partial charge in [0.25, 0.3) is 5.91 Å². The SMILES string of the molecule is O=C(N[C@@H]1C2CCN(CC2)C12CC2)c1cc2ccc(Cl)c(C3CC3)c2s1. The number of halogens is 1. The molecule has 2 aliphatic carbocycles. The number of carbonyl (C=O) groups is 1. The van der Waals surface area contributed by atoms with Crippen LogP contribution in [0.5, 0.6) is 0 Å². The first-order valence-electron chi connectivity index (χ1n) is 9.93. The Labute approximate surface area is 162 Å². The van der Waals surface area contributed by atoms with Crippen LogP contribution in [0.1, 0.15) is 59.7 Å². The van der Waals surface area contributed by atoms with Gasteiger partial charge in [-0.05, 0) is 86.5 Å². The number of amides is 1. The number of fused-ring (bicyclic) bond motifs is 3. The zero-order chi connectivity index (χ0) is 17.5. The third kappa shape index (κ3) is 2.25. The lowest BCUT2D eigenvalue weighted by molar-refractivity contribution is -0.00138. The summed E-state index contributed by atoms with van der Waals surface area (Å²) < 4.78 is 1.22. The maximum Gasteiger partial charge on any atom is 0.261 e. The maximum atomic E-state index is 13.1. The minimum atomic E-state index is 0.120. The standard InChI is InChI=1S/C21H23ClN2OS/c22-15-4-3-14-11-16(26-18(14)17(15)12-1-2-12)20(25)23-19-13-5-9-24(10-6-13)21(19)7-8-21/h3-4,11-13,19H,1-2,5-10H2,(H,23,25)/t19-/m1/s1. The van der Waals surface area contributed by atoms with Crippen LogP contribution < -0.4 is 5.32 Å². The lowest BCUT2D eigenvalue weighted by Crippen LogP contribution is -2.65. The van der Waals surface area contributed by atoms with Gasteiger partial charge in [0, 0.05) is 15.3 Å². The van der Waals surface area contributed by atoms with Crippen molar-refractivity contribution in [3.05, 3.63) is 33.7 Å². The number of nitrogens with one attached hydrogen (secondary N) is 1. The lowest BCUT2D eigenvalue weighted by atomic mass is 9.77. The average Bonchev–Trinajstić information content (AvgIpc) is 3.57. The molecule has 0 unspecified atom stereocenters. The molecule has 2 aromatic rings. The number of hydrogen-bond acceptors (Lipinski definition) is 3. The first-order valence-corrected chi connectivity index (χ1v) is 11.1. The van der Waals surface area contributed by atoms with E-state index in [1.54, 1.807) is 11.3 Å². The molecule has 3 nitrogen and oxygen atoms in total. The van der Waals surface area contributed by atoms with Gasteiger partial charge in [-0.25, -0.2) is 0 Å². The molecule has 4 heterocycles. The van der Waals surface area contributed by atoms with E-state index in [0.29, 0.717) is 17.9 Å². The van der Waals surface area contributed by atoms with Gasteiger partial charge >= 0.3 is 0 Å². The van der Waals surface area contributed by atoms with E-state index in [-0.39, 0.29) is 11.4 Å². The molecule has 3 saturated heterocycles. The van der Waals surface area contributed by atoms with Crippen molar-refractivity contribution in [3.8, 4) is 0 Å². The van der Waals surface area contributed by atoms with Gasteiger partial charge in [-0.15, -0.1) is 11.3 Å². The molecule has 0 radical (unpaired) electrons. The normalized spacial score (nSPS) is 31.5. The van der Waals surface area contributed by atoms with E-state index in [9.17, 15) is 4.79 Å². The first kappa shape index (κ1) is 15.9. The Morgan fingerprint density at radius 2 is 1.96 bits per heavy atom. The summed E-state index contributed by atoms with van der Waals surface area (Å²) in [5.74, 6) is 1.38. The minimum absolute atomic E-state index is 0.120. The van der Waals surface area contributed by atoms with E-state index >= 15 is 0 Å². The topological polar surface area (TPSA) is 32.3 Å². The first-order chi connectivity index (χ1) is 12.7. The van der Waals surface area contributed by atoms with Crippen LogP contribution in [0.25, 0.3) is 10.1 Å². The largest absolute Gasteiger partial charge is 0.346 e. The number of carbonyl (C=O) groups excluding carboxylic acids is 1. The van der Waals surface area contributed by atoms with Crippen molar-refractivity contribution in [2.45, 2.75) is 56.0 Å². The molecule has 1 aromatic carbocycles. The van der Waals surface area contributed by atoms with Gasteiger partial charge in [0.2, 0.25) is 0 Å². The number of nitrogens with zero attached hydrogens (tertiary/aromatic N) is 1. The van der Waals surface area contributed by atoms with E-state index in [0.717, 1.165) is 9.90 Å². The number of thiophene rings is 1. The van der Waals surface area contributed by atoms with Gasteiger partial charge in [0.15, 0.2) is 0 Å². The van der Waals surface area contributed by atoms with Crippen LogP contribution >= 0.6 is 22.9 Å². The molecule has 26 heavy (non-hydrogen) atoms. The molecule has 2 saturated carbocycles. The van der Waals surface area contributed by atoms with Crippen molar-refractivity contribution in [2.75, 3.05) is 13.1 Å². The molecule has 1 N–H and O–H groups in total. The summed E-state index contributed by atoms with van der Waals surface area (Å²) in [4.78, 5) is 16.6. The molecule has 1 spiro atoms. The summed E-state index contributed by atoms with van der Waals surface area (Å²) in [6.45, 7) is 2.45. The molecule has 1 amide bonds. The highest BCUT2D eigenvalue weighted by Gasteiger charge is 2.60. The number of hydrogen-bond donors (Lipinski definition) is 1. The fourth-order valence-corrected chi connectivity index (χ4v) is 7.05. The van der Waals surface area contributed by atoms with Crippen LogP contribution in [0, 0.1) is 5.92 Å². The highest BCUT2D eigenvalue weighted by atomic mass is 35.5. The Bertz CT molecular complexity index is 906. The zero-order valence-electron chi connectivity index (χ0n) is 14.8. The summed E-state index contributed by atoms with van der Waals surface area (Å²) in [7, 11) is 0. The summed E-state index contributed by atoms with van der Waals surface area (Å²) in [5, 5.41) is 5.49. The van der Waals surface area contributed by atoms with Gasteiger partial charge < -0.3 is 5.32 Å². The van der Waals surface area contributed by atoms with Crippen molar-refractivity contribution in [3.63, 3.8) is 0 Å². The average molecular weight is 387 g/mol. The third-order valence-corrected chi connectivity index (χ3v) is 8.66. The van der Waals surface area contributed by atoms with Gasteiger partial charge in [0.1, 0.15) is 0 Å². The van der Waals surface area contributed by atoms with E-state index < -0.39 is 0 Å². The van der Waals surface area contributed by atoms with Crippen molar-refractivity contribution >= 4 is 38.9 Å². The van der Waals surface area contributed by atoms with Gasteiger partial charge in [-0.1, -0.05) is 17.7 Å². The highest BCUT2D eigenvalue weighted by molar-refractivity contribution is 7.21. The van der Waals surface area contributed by atoms with Gasteiger partial charge in [0.05, 0.1) is 10.9 Å². The molecule has 5 fully saturated rings. The van der Waals surface area contributed by atoms with Crippen molar-refractivity contribution in [2.24, 2.45) is 5.92 Å². The van der Waals surface area contributed by atoms with Crippen LogP contribution in [0.2, 0.25) is 5.02 Å². The van der Waals surface area contributed by atoms with E-state index in [2.05, 4.69) is 22.3 Å². The van der Waals surface area contributed by atoms with Crippen molar-refractivity contribution in [1.29, 1.82) is 0 Å². The molecule has 3 aliphatic heterocycles. The van der Waals surface area contributed by atoms with Crippen LogP contribution in [-0.4, -0.2) is 35.5 Å².